The Bertz CT molecular complexity index is 630. The standard InChI is InChI=1S/C23H30.H3P/c1-2-3-4-5-6-7-8-9-13-19-15-12-17-22-21-16-11-10-14-20(21)18-23(19)22;/h10-12,14-17H,2-9,13,18H2,1H3;1H3. The van der Waals surface area contributed by atoms with Gasteiger partial charge in [0.1, 0.15) is 0 Å². The molecule has 0 fully saturated rings. The van der Waals surface area contributed by atoms with Gasteiger partial charge in [-0.05, 0) is 47.1 Å². The van der Waals surface area contributed by atoms with Gasteiger partial charge >= 0.3 is 0 Å². The third-order valence-corrected chi connectivity index (χ3v) is 5.25. The first-order valence-electron chi connectivity index (χ1n) is 9.59. The minimum Gasteiger partial charge on any atom is -0.153 e. The van der Waals surface area contributed by atoms with E-state index in [0.717, 1.165) is 6.42 Å². The van der Waals surface area contributed by atoms with Crippen LogP contribution in [-0.4, -0.2) is 0 Å². The first-order valence-corrected chi connectivity index (χ1v) is 9.59. The van der Waals surface area contributed by atoms with Crippen LogP contribution < -0.4 is 0 Å². The molecule has 0 saturated heterocycles. The fraction of sp³-hybridized carbons (Fsp3) is 0.478. The second-order valence-corrected chi connectivity index (χ2v) is 7.00. The normalized spacial score (nSPS) is 11.7. The van der Waals surface area contributed by atoms with Crippen molar-refractivity contribution >= 4 is 9.90 Å². The van der Waals surface area contributed by atoms with E-state index in [4.69, 9.17) is 0 Å². The van der Waals surface area contributed by atoms with Gasteiger partial charge in [0, 0.05) is 0 Å². The highest BCUT2D eigenvalue weighted by Gasteiger charge is 2.19. The monoisotopic (exact) mass is 340 g/mol. The lowest BCUT2D eigenvalue weighted by atomic mass is 9.96. The van der Waals surface area contributed by atoms with E-state index in [9.17, 15) is 0 Å². The first kappa shape index (κ1) is 19.2. The smallest absolute Gasteiger partial charge is 0.00107 e. The van der Waals surface area contributed by atoms with Crippen LogP contribution in [0.25, 0.3) is 11.1 Å². The molecule has 0 bridgehead atoms. The first-order chi connectivity index (χ1) is 11.4. The second kappa shape index (κ2) is 10.00. The Kier molecular flexibility index (Phi) is 8.00. The lowest BCUT2D eigenvalue weighted by molar-refractivity contribution is 0.575. The number of hydrogen-bond acceptors (Lipinski definition) is 0. The van der Waals surface area contributed by atoms with E-state index in [2.05, 4.69) is 49.4 Å². The summed E-state index contributed by atoms with van der Waals surface area (Å²) >= 11 is 0. The highest BCUT2D eigenvalue weighted by atomic mass is 31.0. The molecule has 0 aromatic heterocycles. The van der Waals surface area contributed by atoms with Crippen LogP contribution in [0.2, 0.25) is 0 Å². The Labute approximate surface area is 151 Å². The van der Waals surface area contributed by atoms with Crippen LogP contribution in [0, 0.1) is 0 Å². The predicted octanol–water partition coefficient (Wildman–Crippen LogP) is 7.00. The van der Waals surface area contributed by atoms with Crippen molar-refractivity contribution in [3.8, 4) is 11.1 Å². The molecule has 2 aromatic carbocycles. The summed E-state index contributed by atoms with van der Waals surface area (Å²) < 4.78 is 0. The molecule has 0 aliphatic heterocycles. The van der Waals surface area contributed by atoms with Crippen molar-refractivity contribution in [2.75, 3.05) is 0 Å². The average Bonchev–Trinajstić information content (AvgIpc) is 2.97. The topological polar surface area (TPSA) is 0 Å². The number of fused-ring (bicyclic) bond motifs is 3. The highest BCUT2D eigenvalue weighted by Crippen LogP contribution is 2.38. The van der Waals surface area contributed by atoms with Crippen molar-refractivity contribution in [3.63, 3.8) is 0 Å². The molecule has 1 aliphatic rings. The fourth-order valence-electron chi connectivity index (χ4n) is 3.91. The molecule has 24 heavy (non-hydrogen) atoms. The van der Waals surface area contributed by atoms with Crippen molar-refractivity contribution in [2.24, 2.45) is 0 Å². The highest BCUT2D eigenvalue weighted by molar-refractivity contribution is 6.92. The molecule has 1 unspecified atom stereocenters. The molecule has 1 atom stereocenters. The maximum absolute atomic E-state index is 2.35. The van der Waals surface area contributed by atoms with E-state index in [-0.39, 0.29) is 9.90 Å². The summed E-state index contributed by atoms with van der Waals surface area (Å²) in [4.78, 5) is 0. The van der Waals surface area contributed by atoms with Gasteiger partial charge in [0.2, 0.25) is 0 Å². The quantitative estimate of drug-likeness (QED) is 0.290. The number of unbranched alkanes of at least 4 members (excludes halogenated alkanes) is 7. The molecule has 130 valence electrons. The average molecular weight is 340 g/mol. The summed E-state index contributed by atoms with van der Waals surface area (Å²) in [5.74, 6) is 0. The zero-order valence-electron chi connectivity index (χ0n) is 15.3. The van der Waals surface area contributed by atoms with Crippen molar-refractivity contribution in [1.29, 1.82) is 0 Å². The van der Waals surface area contributed by atoms with Gasteiger partial charge < -0.3 is 0 Å². The molecule has 0 amide bonds. The largest absolute Gasteiger partial charge is 0.153 e. The predicted molar refractivity (Wildman–Crippen MR) is 112 cm³/mol. The number of hydrogen-bond donors (Lipinski definition) is 0. The molecular weight excluding hydrogens is 307 g/mol. The lowest BCUT2D eigenvalue weighted by Crippen LogP contribution is -1.93. The zero-order valence-corrected chi connectivity index (χ0v) is 16.7. The van der Waals surface area contributed by atoms with Crippen LogP contribution in [0.3, 0.4) is 0 Å². The number of rotatable bonds is 9. The van der Waals surface area contributed by atoms with Gasteiger partial charge in [-0.1, -0.05) is 94.3 Å². The van der Waals surface area contributed by atoms with E-state index in [1.807, 2.05) is 0 Å². The summed E-state index contributed by atoms with van der Waals surface area (Å²) in [7, 11) is 0. The zero-order chi connectivity index (χ0) is 15.9. The molecule has 1 aliphatic carbocycles. The third-order valence-electron chi connectivity index (χ3n) is 5.25. The van der Waals surface area contributed by atoms with Crippen LogP contribution in [0.15, 0.2) is 42.5 Å². The van der Waals surface area contributed by atoms with E-state index in [0.29, 0.717) is 0 Å². The van der Waals surface area contributed by atoms with Gasteiger partial charge in [-0.2, -0.15) is 9.90 Å². The minimum absolute atomic E-state index is 0. The summed E-state index contributed by atoms with van der Waals surface area (Å²) in [6, 6.07) is 15.8. The van der Waals surface area contributed by atoms with Crippen molar-refractivity contribution < 1.29 is 0 Å². The third kappa shape index (κ3) is 4.70. The molecule has 2 aromatic rings. The Hall–Kier alpha value is -1.13. The van der Waals surface area contributed by atoms with E-state index in [1.54, 1.807) is 11.1 Å². The molecule has 0 saturated carbocycles. The Morgan fingerprint density at radius 1 is 0.708 bits per heavy atom. The van der Waals surface area contributed by atoms with Gasteiger partial charge in [0.15, 0.2) is 0 Å². The Balaban J connectivity index is 0.00000208. The van der Waals surface area contributed by atoms with E-state index in [1.165, 1.54) is 74.5 Å². The second-order valence-electron chi connectivity index (χ2n) is 7.00. The van der Waals surface area contributed by atoms with Crippen LogP contribution in [0.4, 0.5) is 0 Å². The maximum Gasteiger partial charge on any atom is -0.00107 e. The molecule has 0 heterocycles. The Morgan fingerprint density at radius 3 is 2.17 bits per heavy atom. The van der Waals surface area contributed by atoms with Gasteiger partial charge in [0.25, 0.3) is 0 Å². The maximum atomic E-state index is 2.35. The summed E-state index contributed by atoms with van der Waals surface area (Å²) in [5, 5.41) is 0. The summed E-state index contributed by atoms with van der Waals surface area (Å²) in [6.45, 7) is 2.29. The summed E-state index contributed by atoms with van der Waals surface area (Å²) in [5.41, 5.74) is 7.63. The van der Waals surface area contributed by atoms with E-state index >= 15 is 0 Å². The minimum atomic E-state index is 0. The summed E-state index contributed by atoms with van der Waals surface area (Å²) in [6.07, 6.45) is 13.6. The van der Waals surface area contributed by atoms with Gasteiger partial charge in [-0.25, -0.2) is 0 Å². The van der Waals surface area contributed by atoms with Crippen LogP contribution >= 0.6 is 9.90 Å². The molecular formula is C23H33P. The van der Waals surface area contributed by atoms with Crippen LogP contribution in [0.5, 0.6) is 0 Å². The van der Waals surface area contributed by atoms with Gasteiger partial charge in [-0.3, -0.25) is 0 Å². The van der Waals surface area contributed by atoms with Gasteiger partial charge in [0.05, 0.1) is 0 Å². The van der Waals surface area contributed by atoms with Crippen molar-refractivity contribution in [2.45, 2.75) is 71.1 Å². The van der Waals surface area contributed by atoms with Crippen LogP contribution in [-0.2, 0) is 12.8 Å². The molecule has 1 heteroatoms. The lowest BCUT2D eigenvalue weighted by Gasteiger charge is -2.08. The van der Waals surface area contributed by atoms with E-state index < -0.39 is 0 Å². The van der Waals surface area contributed by atoms with Crippen LogP contribution in [0.1, 0.15) is 75.0 Å². The molecule has 0 spiro atoms. The molecule has 0 radical (unpaired) electrons. The van der Waals surface area contributed by atoms with Gasteiger partial charge in [-0.15, -0.1) is 0 Å². The Morgan fingerprint density at radius 2 is 1.38 bits per heavy atom. The SMILES string of the molecule is CCCCCCCCCCc1cccc2c1Cc1ccccc1-2.P. The fourth-order valence-corrected chi connectivity index (χ4v) is 3.91. The molecule has 0 N–H and O–H groups in total. The molecule has 0 nitrogen and oxygen atoms in total. The number of aryl methyl sites for hydroxylation is 1. The molecule has 3 rings (SSSR count). The van der Waals surface area contributed by atoms with Crippen molar-refractivity contribution in [3.05, 3.63) is 59.2 Å². The van der Waals surface area contributed by atoms with Crippen molar-refractivity contribution in [1.82, 2.24) is 0 Å². The number of benzene rings is 2.